The maximum Gasteiger partial charge on any atom is 0.422 e. The molecule has 1 unspecified atom stereocenters. The number of halogens is 4. The average Bonchev–Trinajstić information content (AvgIpc) is 3.51. The Morgan fingerprint density at radius 2 is 1.91 bits per heavy atom. The lowest BCUT2D eigenvalue weighted by Gasteiger charge is -2.31. The number of aliphatic hydroxyl groups is 1. The Kier molecular flexibility index (Phi) is 5.40. The van der Waals surface area contributed by atoms with E-state index < -0.39 is 29.4 Å². The molecule has 1 fully saturated rings. The summed E-state index contributed by atoms with van der Waals surface area (Å²) in [6, 6.07) is 8.98. The molecule has 0 aliphatic heterocycles. The lowest BCUT2D eigenvalue weighted by molar-refractivity contribution is -0.233. The van der Waals surface area contributed by atoms with Crippen LogP contribution in [0.3, 0.4) is 0 Å². The van der Waals surface area contributed by atoms with E-state index in [9.17, 15) is 22.7 Å². The van der Waals surface area contributed by atoms with Gasteiger partial charge in [-0.15, -0.1) is 0 Å². The van der Waals surface area contributed by atoms with Crippen molar-refractivity contribution >= 4 is 22.8 Å². The molecule has 3 aromatic rings. The summed E-state index contributed by atoms with van der Waals surface area (Å²) in [4.78, 5) is 12.3. The minimum atomic E-state index is -5.00. The highest BCUT2D eigenvalue weighted by molar-refractivity contribution is 5.91. The third kappa shape index (κ3) is 3.92. The number of fused-ring (bicyclic) bond motifs is 1. The molecule has 5 nitrogen and oxygen atoms in total. The minimum absolute atomic E-state index is 0.104. The summed E-state index contributed by atoms with van der Waals surface area (Å²) in [5.74, 6) is -0.246. The van der Waals surface area contributed by atoms with Crippen LogP contribution in [-0.2, 0) is 5.41 Å². The number of benzene rings is 2. The normalized spacial score (nSPS) is 17.5. The lowest BCUT2D eigenvalue weighted by atomic mass is 9.82. The van der Waals surface area contributed by atoms with E-state index >= 15 is 0 Å². The fraction of sp³-hybridized carbons (Fsp3) is 0.348. The van der Waals surface area contributed by atoms with E-state index in [-0.39, 0.29) is 11.4 Å². The van der Waals surface area contributed by atoms with Gasteiger partial charge in [0.05, 0.1) is 18.3 Å². The summed E-state index contributed by atoms with van der Waals surface area (Å²) in [6.45, 7) is 1.70. The molecular formula is C23H21F4N3O2. The van der Waals surface area contributed by atoms with Crippen LogP contribution in [0.25, 0.3) is 10.9 Å². The van der Waals surface area contributed by atoms with Gasteiger partial charge in [-0.2, -0.15) is 13.2 Å². The standard InChI is InChI=1S/C23H21F4N3O2/c1-14-28-11-15-18(7-4-8-19(15)30-14)29-13-22(31,23(25,26)27)12-21(9-10-21)16-5-3-6-17(24)20(16)32-2/h3-8,11,13,31H,9-10,12H2,1-2H3. The Labute approximate surface area is 181 Å². The Balaban J connectivity index is 1.73. The molecule has 2 aromatic carbocycles. The van der Waals surface area contributed by atoms with Crippen LogP contribution in [0, 0.1) is 12.7 Å². The lowest BCUT2D eigenvalue weighted by Crippen LogP contribution is -2.49. The largest absolute Gasteiger partial charge is 0.493 e. The summed E-state index contributed by atoms with van der Waals surface area (Å²) in [7, 11) is 1.26. The molecule has 1 N–H and O–H groups in total. The summed E-state index contributed by atoms with van der Waals surface area (Å²) in [5, 5.41) is 11.2. The molecule has 4 rings (SSSR count). The van der Waals surface area contributed by atoms with Gasteiger partial charge in [-0.1, -0.05) is 18.2 Å². The molecule has 0 saturated heterocycles. The topological polar surface area (TPSA) is 67.6 Å². The van der Waals surface area contributed by atoms with E-state index in [1.54, 1.807) is 19.1 Å². The van der Waals surface area contributed by atoms with E-state index in [0.29, 0.717) is 41.3 Å². The molecule has 9 heteroatoms. The van der Waals surface area contributed by atoms with Crippen molar-refractivity contribution in [3.05, 3.63) is 59.8 Å². The van der Waals surface area contributed by atoms with Crippen molar-refractivity contribution < 1.29 is 27.4 Å². The van der Waals surface area contributed by atoms with Crippen LogP contribution in [0.2, 0.25) is 0 Å². The molecule has 1 heterocycles. The van der Waals surface area contributed by atoms with Gasteiger partial charge in [0.15, 0.2) is 17.2 Å². The fourth-order valence-electron chi connectivity index (χ4n) is 3.98. The van der Waals surface area contributed by atoms with Gasteiger partial charge >= 0.3 is 6.18 Å². The van der Waals surface area contributed by atoms with Gasteiger partial charge in [0.2, 0.25) is 0 Å². The highest BCUT2D eigenvalue weighted by Crippen LogP contribution is 2.57. The molecule has 0 bridgehead atoms. The zero-order chi connectivity index (χ0) is 23.1. The first-order valence-electron chi connectivity index (χ1n) is 9.98. The number of hydrogen-bond acceptors (Lipinski definition) is 5. The van der Waals surface area contributed by atoms with Crippen LogP contribution in [0.5, 0.6) is 5.75 Å². The molecule has 1 aliphatic rings. The molecule has 0 amide bonds. The molecule has 168 valence electrons. The minimum Gasteiger partial charge on any atom is -0.493 e. The zero-order valence-corrected chi connectivity index (χ0v) is 17.4. The molecule has 1 aliphatic carbocycles. The molecule has 1 saturated carbocycles. The second-order valence-corrected chi connectivity index (χ2v) is 8.09. The summed E-state index contributed by atoms with van der Waals surface area (Å²) in [5.41, 5.74) is -3.24. The molecule has 1 aromatic heterocycles. The summed E-state index contributed by atoms with van der Waals surface area (Å²) >= 11 is 0. The highest BCUT2D eigenvalue weighted by Gasteiger charge is 2.60. The van der Waals surface area contributed by atoms with Crippen LogP contribution in [-0.4, -0.2) is 40.2 Å². The number of aryl methyl sites for hydroxylation is 1. The van der Waals surface area contributed by atoms with Gasteiger partial charge in [0.25, 0.3) is 0 Å². The van der Waals surface area contributed by atoms with Crippen molar-refractivity contribution in [1.29, 1.82) is 0 Å². The van der Waals surface area contributed by atoms with E-state index in [0.717, 1.165) is 0 Å². The van der Waals surface area contributed by atoms with Gasteiger partial charge in [-0.25, -0.2) is 14.4 Å². The second kappa shape index (κ2) is 7.81. The highest BCUT2D eigenvalue weighted by atomic mass is 19.4. The maximum absolute atomic E-state index is 14.2. The molecular weight excluding hydrogens is 426 g/mol. The number of ether oxygens (including phenoxy) is 1. The third-order valence-corrected chi connectivity index (χ3v) is 5.83. The zero-order valence-electron chi connectivity index (χ0n) is 17.4. The Morgan fingerprint density at radius 3 is 2.56 bits per heavy atom. The van der Waals surface area contributed by atoms with Crippen LogP contribution >= 0.6 is 0 Å². The number of alkyl halides is 3. The first-order valence-corrected chi connectivity index (χ1v) is 9.98. The van der Waals surface area contributed by atoms with E-state index in [1.807, 2.05) is 0 Å². The Morgan fingerprint density at radius 1 is 1.19 bits per heavy atom. The number of methoxy groups -OCH3 is 1. The first kappa shape index (κ1) is 22.1. The van der Waals surface area contributed by atoms with Crippen LogP contribution in [0.4, 0.5) is 23.2 Å². The van der Waals surface area contributed by atoms with E-state index in [2.05, 4.69) is 15.0 Å². The van der Waals surface area contributed by atoms with Gasteiger partial charge in [0, 0.05) is 35.2 Å². The molecule has 0 spiro atoms. The number of nitrogens with zero attached hydrogens (tertiary/aromatic N) is 3. The first-order chi connectivity index (χ1) is 15.1. The second-order valence-electron chi connectivity index (χ2n) is 8.09. The average molecular weight is 447 g/mol. The Hall–Kier alpha value is -3.07. The third-order valence-electron chi connectivity index (χ3n) is 5.83. The molecule has 32 heavy (non-hydrogen) atoms. The van der Waals surface area contributed by atoms with Gasteiger partial charge < -0.3 is 9.84 Å². The van der Waals surface area contributed by atoms with Crippen molar-refractivity contribution in [3.8, 4) is 5.75 Å². The van der Waals surface area contributed by atoms with Crippen molar-refractivity contribution in [2.24, 2.45) is 4.99 Å². The maximum atomic E-state index is 14.2. The van der Waals surface area contributed by atoms with E-state index in [4.69, 9.17) is 4.74 Å². The Bertz CT molecular complexity index is 1190. The quantitative estimate of drug-likeness (QED) is 0.417. The van der Waals surface area contributed by atoms with Gasteiger partial charge in [-0.05, 0) is 38.0 Å². The van der Waals surface area contributed by atoms with Gasteiger partial charge in [0.1, 0.15) is 5.82 Å². The summed E-state index contributed by atoms with van der Waals surface area (Å²) in [6.07, 6.45) is -2.97. The van der Waals surface area contributed by atoms with Crippen molar-refractivity contribution in [1.82, 2.24) is 9.97 Å². The SMILES string of the molecule is COc1c(F)cccc1C1(CC(O)(C=Nc2cccc3nc(C)ncc23)C(F)(F)F)CC1. The van der Waals surface area contributed by atoms with Crippen molar-refractivity contribution in [3.63, 3.8) is 0 Å². The smallest absolute Gasteiger partial charge is 0.422 e. The van der Waals surface area contributed by atoms with Crippen LogP contribution < -0.4 is 4.74 Å². The number of aliphatic imine (C=N–C) groups is 1. The van der Waals surface area contributed by atoms with Crippen molar-refractivity contribution in [2.75, 3.05) is 7.11 Å². The number of aromatic nitrogens is 2. The predicted molar refractivity (Wildman–Crippen MR) is 112 cm³/mol. The van der Waals surface area contributed by atoms with Crippen molar-refractivity contribution in [2.45, 2.75) is 43.4 Å². The van der Waals surface area contributed by atoms with Crippen LogP contribution in [0.15, 0.2) is 47.6 Å². The van der Waals surface area contributed by atoms with E-state index in [1.165, 1.54) is 37.6 Å². The molecule has 0 radical (unpaired) electrons. The van der Waals surface area contributed by atoms with Gasteiger partial charge in [-0.3, -0.25) is 4.99 Å². The fourth-order valence-corrected chi connectivity index (χ4v) is 3.98. The molecule has 1 atom stereocenters. The monoisotopic (exact) mass is 447 g/mol. The number of para-hydroxylation sites is 1. The number of hydrogen-bond donors (Lipinski definition) is 1. The van der Waals surface area contributed by atoms with Crippen LogP contribution in [0.1, 0.15) is 30.7 Å². The predicted octanol–water partition coefficient (Wildman–Crippen LogP) is 5.20. The summed E-state index contributed by atoms with van der Waals surface area (Å²) < 4.78 is 61.4. The number of rotatable bonds is 6.